The molecule has 0 amide bonds. The summed E-state index contributed by atoms with van der Waals surface area (Å²) in [6.45, 7) is 11.0. The van der Waals surface area contributed by atoms with Crippen LogP contribution in [0.1, 0.15) is 52.3 Å². The Bertz CT molecular complexity index is 412. The Labute approximate surface area is 104 Å². The molecule has 0 aliphatic carbocycles. The van der Waals surface area contributed by atoms with E-state index in [1.807, 2.05) is 13.0 Å². The number of aromatic nitrogens is 1. The van der Waals surface area contributed by atoms with Crippen molar-refractivity contribution >= 4 is 0 Å². The number of rotatable bonds is 4. The van der Waals surface area contributed by atoms with Crippen molar-refractivity contribution < 1.29 is 0 Å². The van der Waals surface area contributed by atoms with E-state index < -0.39 is 0 Å². The Morgan fingerprint density at radius 2 is 1.94 bits per heavy atom. The fourth-order valence-electron chi connectivity index (χ4n) is 2.44. The molecule has 0 bridgehead atoms. The van der Waals surface area contributed by atoms with Crippen LogP contribution in [0.4, 0.5) is 0 Å². The number of H-pyrrole nitrogens is 1. The molecule has 1 unspecified atom stereocenters. The highest BCUT2D eigenvalue weighted by Crippen LogP contribution is 2.25. The molecule has 96 valence electrons. The zero-order chi connectivity index (χ0) is 13.1. The van der Waals surface area contributed by atoms with Gasteiger partial charge in [-0.3, -0.25) is 4.79 Å². The van der Waals surface area contributed by atoms with E-state index >= 15 is 0 Å². The van der Waals surface area contributed by atoms with E-state index in [4.69, 9.17) is 0 Å². The van der Waals surface area contributed by atoms with Crippen LogP contribution in [0.2, 0.25) is 0 Å². The van der Waals surface area contributed by atoms with Crippen molar-refractivity contribution in [1.29, 1.82) is 0 Å². The lowest BCUT2D eigenvalue weighted by atomic mass is 9.83. The lowest BCUT2D eigenvalue weighted by molar-refractivity contribution is 0.305. The topological polar surface area (TPSA) is 32.9 Å². The quantitative estimate of drug-likeness (QED) is 0.850. The smallest absolute Gasteiger partial charge is 0.251 e. The summed E-state index contributed by atoms with van der Waals surface area (Å²) in [7, 11) is 0. The first-order valence-electron chi connectivity index (χ1n) is 6.53. The first-order valence-corrected chi connectivity index (χ1v) is 6.53. The maximum absolute atomic E-state index is 11.7. The van der Waals surface area contributed by atoms with Crippen LogP contribution in [-0.4, -0.2) is 4.98 Å². The van der Waals surface area contributed by atoms with Crippen LogP contribution < -0.4 is 5.56 Å². The lowest BCUT2D eigenvalue weighted by Gasteiger charge is -2.23. The third-order valence-corrected chi connectivity index (χ3v) is 2.96. The fraction of sp³-hybridized carbons (Fsp3) is 0.667. The first-order chi connectivity index (χ1) is 7.81. The zero-order valence-corrected chi connectivity index (χ0v) is 11.8. The highest BCUT2D eigenvalue weighted by molar-refractivity contribution is 5.14. The summed E-state index contributed by atoms with van der Waals surface area (Å²) in [5.41, 5.74) is 2.36. The van der Waals surface area contributed by atoms with Gasteiger partial charge in [-0.15, -0.1) is 0 Å². The third kappa shape index (κ3) is 4.76. The van der Waals surface area contributed by atoms with Gasteiger partial charge in [0.15, 0.2) is 0 Å². The largest absolute Gasteiger partial charge is 0.326 e. The SMILES string of the molecule is CCc1ccc(CC(C)CC(C)(C)C)[nH]c1=O. The van der Waals surface area contributed by atoms with Gasteiger partial charge < -0.3 is 4.98 Å². The monoisotopic (exact) mass is 235 g/mol. The Morgan fingerprint density at radius 1 is 1.29 bits per heavy atom. The molecule has 1 atom stereocenters. The molecule has 2 heteroatoms. The van der Waals surface area contributed by atoms with Gasteiger partial charge in [0.25, 0.3) is 5.56 Å². The van der Waals surface area contributed by atoms with E-state index in [9.17, 15) is 4.79 Å². The molecular formula is C15H25NO. The molecule has 0 aliphatic heterocycles. The van der Waals surface area contributed by atoms with Gasteiger partial charge in [-0.05, 0) is 36.7 Å². The molecule has 0 saturated carbocycles. The molecule has 1 aromatic rings. The minimum Gasteiger partial charge on any atom is -0.326 e. The Balaban J connectivity index is 2.69. The van der Waals surface area contributed by atoms with E-state index in [-0.39, 0.29) is 5.56 Å². The summed E-state index contributed by atoms with van der Waals surface area (Å²) in [5, 5.41) is 0. The summed E-state index contributed by atoms with van der Waals surface area (Å²) in [5.74, 6) is 0.595. The number of aryl methyl sites for hydroxylation is 1. The van der Waals surface area contributed by atoms with Crippen LogP contribution in [0.25, 0.3) is 0 Å². The van der Waals surface area contributed by atoms with Gasteiger partial charge in [0, 0.05) is 11.3 Å². The predicted molar refractivity (Wildman–Crippen MR) is 73.4 cm³/mol. The van der Waals surface area contributed by atoms with Crippen molar-refractivity contribution in [1.82, 2.24) is 4.98 Å². The molecule has 0 aromatic carbocycles. The maximum atomic E-state index is 11.7. The van der Waals surface area contributed by atoms with Gasteiger partial charge in [0.05, 0.1) is 0 Å². The van der Waals surface area contributed by atoms with Crippen molar-refractivity contribution in [2.45, 2.75) is 53.9 Å². The van der Waals surface area contributed by atoms with E-state index in [2.05, 4.69) is 38.7 Å². The van der Waals surface area contributed by atoms with Gasteiger partial charge in [-0.25, -0.2) is 0 Å². The molecule has 0 spiro atoms. The van der Waals surface area contributed by atoms with E-state index in [1.165, 1.54) is 6.42 Å². The standard InChI is InChI=1S/C15H25NO/c1-6-12-7-8-13(16-14(12)17)9-11(2)10-15(3,4)5/h7-8,11H,6,9-10H2,1-5H3,(H,16,17). The number of pyridine rings is 1. The molecule has 0 saturated heterocycles. The first kappa shape index (κ1) is 14.0. The highest BCUT2D eigenvalue weighted by Gasteiger charge is 2.15. The van der Waals surface area contributed by atoms with E-state index in [0.29, 0.717) is 11.3 Å². The van der Waals surface area contributed by atoms with Crippen molar-refractivity contribution in [2.24, 2.45) is 11.3 Å². The summed E-state index contributed by atoms with van der Waals surface area (Å²) in [6.07, 6.45) is 2.92. The van der Waals surface area contributed by atoms with Crippen LogP contribution >= 0.6 is 0 Å². The predicted octanol–water partition coefficient (Wildman–Crippen LogP) is 3.55. The zero-order valence-electron chi connectivity index (χ0n) is 11.8. The average molecular weight is 235 g/mol. The number of nitrogens with one attached hydrogen (secondary N) is 1. The minimum atomic E-state index is 0.0768. The Hall–Kier alpha value is -1.05. The van der Waals surface area contributed by atoms with Crippen molar-refractivity contribution in [3.05, 3.63) is 33.7 Å². The Morgan fingerprint density at radius 3 is 2.41 bits per heavy atom. The molecule has 0 radical (unpaired) electrons. The van der Waals surface area contributed by atoms with Crippen molar-refractivity contribution in [3.63, 3.8) is 0 Å². The van der Waals surface area contributed by atoms with Crippen LogP contribution in [0.3, 0.4) is 0 Å². The van der Waals surface area contributed by atoms with Crippen LogP contribution in [0.15, 0.2) is 16.9 Å². The molecule has 1 heterocycles. The molecular weight excluding hydrogens is 210 g/mol. The maximum Gasteiger partial charge on any atom is 0.251 e. The molecule has 2 nitrogen and oxygen atoms in total. The van der Waals surface area contributed by atoms with Gasteiger partial charge in [0.1, 0.15) is 0 Å². The number of hydrogen-bond donors (Lipinski definition) is 1. The second-order valence-electron chi connectivity index (χ2n) is 6.27. The molecule has 0 aliphatic rings. The summed E-state index contributed by atoms with van der Waals surface area (Å²) in [4.78, 5) is 14.7. The minimum absolute atomic E-state index is 0.0768. The van der Waals surface area contributed by atoms with Crippen LogP contribution in [0.5, 0.6) is 0 Å². The highest BCUT2D eigenvalue weighted by atomic mass is 16.1. The third-order valence-electron chi connectivity index (χ3n) is 2.96. The van der Waals surface area contributed by atoms with Crippen molar-refractivity contribution in [2.75, 3.05) is 0 Å². The normalized spacial score (nSPS) is 13.7. The summed E-state index contributed by atoms with van der Waals surface area (Å²) >= 11 is 0. The van der Waals surface area contributed by atoms with Crippen LogP contribution in [-0.2, 0) is 12.8 Å². The number of hydrogen-bond acceptors (Lipinski definition) is 1. The molecule has 1 rings (SSSR count). The lowest BCUT2D eigenvalue weighted by Crippen LogP contribution is -2.17. The molecule has 1 N–H and O–H groups in total. The fourth-order valence-corrected chi connectivity index (χ4v) is 2.44. The summed E-state index contributed by atoms with van der Waals surface area (Å²) in [6, 6.07) is 4.01. The van der Waals surface area contributed by atoms with Crippen molar-refractivity contribution in [3.8, 4) is 0 Å². The van der Waals surface area contributed by atoms with Gasteiger partial charge in [-0.2, -0.15) is 0 Å². The van der Waals surface area contributed by atoms with E-state index in [0.717, 1.165) is 24.1 Å². The van der Waals surface area contributed by atoms with E-state index in [1.54, 1.807) is 0 Å². The second kappa shape index (κ2) is 5.52. The Kier molecular flexibility index (Phi) is 4.55. The van der Waals surface area contributed by atoms with Gasteiger partial charge >= 0.3 is 0 Å². The van der Waals surface area contributed by atoms with Gasteiger partial charge in [-0.1, -0.05) is 40.7 Å². The molecule has 17 heavy (non-hydrogen) atoms. The summed E-state index contributed by atoms with van der Waals surface area (Å²) < 4.78 is 0. The second-order valence-corrected chi connectivity index (χ2v) is 6.27. The molecule has 0 fully saturated rings. The van der Waals surface area contributed by atoms with Gasteiger partial charge in [0.2, 0.25) is 0 Å². The average Bonchev–Trinajstić information content (AvgIpc) is 2.14. The molecule has 1 aromatic heterocycles. The number of aromatic amines is 1. The van der Waals surface area contributed by atoms with Crippen LogP contribution in [0, 0.1) is 11.3 Å².